The molecule has 0 atom stereocenters. The number of aryl methyl sites for hydroxylation is 1. The lowest BCUT2D eigenvalue weighted by Crippen LogP contribution is -2.06. The van der Waals surface area contributed by atoms with E-state index in [1.165, 1.54) is 23.7 Å². The van der Waals surface area contributed by atoms with Crippen molar-refractivity contribution >= 4 is 22.4 Å². The lowest BCUT2D eigenvalue weighted by molar-refractivity contribution is 0.0695. The molecule has 0 saturated heterocycles. The van der Waals surface area contributed by atoms with Gasteiger partial charge in [-0.15, -0.1) is 0 Å². The van der Waals surface area contributed by atoms with E-state index in [1.54, 1.807) is 24.7 Å². The zero-order valence-electron chi connectivity index (χ0n) is 16.8. The van der Waals surface area contributed by atoms with E-state index in [0.29, 0.717) is 11.3 Å². The van der Waals surface area contributed by atoms with Gasteiger partial charge in [0.25, 0.3) is 0 Å². The standard InChI is InChI=1S/C23H23N3O3/c1-13-17(23(27)28)12-26-21(22(13)29-3)14(2)20(24-26)19-10-16-6-4-5-7-18(16)25(19)11-15-8-9-15/h4-7,10,12,15H,8-9,11H2,1-3H3,(H,27,28). The van der Waals surface area contributed by atoms with Gasteiger partial charge in [0.05, 0.1) is 18.4 Å². The lowest BCUT2D eigenvalue weighted by Gasteiger charge is -2.10. The maximum Gasteiger partial charge on any atom is 0.337 e. The molecule has 3 aromatic heterocycles. The summed E-state index contributed by atoms with van der Waals surface area (Å²) < 4.78 is 9.62. The van der Waals surface area contributed by atoms with Crippen LogP contribution < -0.4 is 4.74 Å². The molecule has 6 nitrogen and oxygen atoms in total. The molecule has 29 heavy (non-hydrogen) atoms. The summed E-state index contributed by atoms with van der Waals surface area (Å²) in [5.41, 5.74) is 5.75. The van der Waals surface area contributed by atoms with Gasteiger partial charge in [-0.3, -0.25) is 0 Å². The predicted molar refractivity (Wildman–Crippen MR) is 112 cm³/mol. The van der Waals surface area contributed by atoms with E-state index in [0.717, 1.165) is 34.9 Å². The first kappa shape index (κ1) is 17.8. The molecule has 1 N–H and O–H groups in total. The van der Waals surface area contributed by atoms with Crippen LogP contribution in [0.5, 0.6) is 5.75 Å². The number of hydrogen-bond donors (Lipinski definition) is 1. The normalized spacial score (nSPS) is 14.0. The fourth-order valence-corrected chi connectivity index (χ4v) is 4.27. The Kier molecular flexibility index (Phi) is 3.91. The summed E-state index contributed by atoms with van der Waals surface area (Å²) in [7, 11) is 1.57. The number of methoxy groups -OCH3 is 1. The van der Waals surface area contributed by atoms with E-state index in [1.807, 2.05) is 6.92 Å². The highest BCUT2D eigenvalue weighted by atomic mass is 16.5. The van der Waals surface area contributed by atoms with Gasteiger partial charge in [-0.25, -0.2) is 9.31 Å². The molecule has 0 aliphatic heterocycles. The topological polar surface area (TPSA) is 68.8 Å². The number of carbonyl (C=O) groups is 1. The number of aromatic carboxylic acids is 1. The number of fused-ring (bicyclic) bond motifs is 2. The summed E-state index contributed by atoms with van der Waals surface area (Å²) in [6.07, 6.45) is 4.12. The summed E-state index contributed by atoms with van der Waals surface area (Å²) in [5.74, 6) is 0.295. The fourth-order valence-electron chi connectivity index (χ4n) is 4.27. The molecule has 1 aromatic carbocycles. The summed E-state index contributed by atoms with van der Waals surface area (Å²) in [6.45, 7) is 4.78. The van der Waals surface area contributed by atoms with Gasteiger partial charge in [0.1, 0.15) is 17.0 Å². The van der Waals surface area contributed by atoms with E-state index in [2.05, 4.69) is 34.9 Å². The van der Waals surface area contributed by atoms with Crippen LogP contribution in [0.3, 0.4) is 0 Å². The molecule has 6 heteroatoms. The number of carboxylic acids is 1. The second-order valence-electron chi connectivity index (χ2n) is 7.92. The quantitative estimate of drug-likeness (QED) is 0.538. The zero-order valence-corrected chi connectivity index (χ0v) is 16.8. The number of rotatable bonds is 5. The van der Waals surface area contributed by atoms with Crippen molar-refractivity contribution in [3.05, 3.63) is 53.2 Å². The molecule has 1 fully saturated rings. The lowest BCUT2D eigenvalue weighted by atomic mass is 10.1. The van der Waals surface area contributed by atoms with E-state index in [-0.39, 0.29) is 5.56 Å². The molecule has 0 radical (unpaired) electrons. The third kappa shape index (κ3) is 2.70. The molecule has 5 rings (SSSR count). The van der Waals surface area contributed by atoms with Gasteiger partial charge in [-0.1, -0.05) is 18.2 Å². The summed E-state index contributed by atoms with van der Waals surface area (Å²) in [6, 6.07) is 10.6. The fraction of sp³-hybridized carbons (Fsp3) is 0.304. The SMILES string of the molecule is COc1c(C)c(C(=O)O)cn2nc(-c3cc4ccccc4n3CC3CC3)c(C)c12. The van der Waals surface area contributed by atoms with E-state index >= 15 is 0 Å². The summed E-state index contributed by atoms with van der Waals surface area (Å²) in [5, 5.41) is 15.6. The Hall–Kier alpha value is -3.28. The summed E-state index contributed by atoms with van der Waals surface area (Å²) in [4.78, 5) is 11.7. The van der Waals surface area contributed by atoms with Gasteiger partial charge in [0.2, 0.25) is 0 Å². The van der Waals surface area contributed by atoms with E-state index in [4.69, 9.17) is 9.84 Å². The number of para-hydroxylation sites is 1. The van der Waals surface area contributed by atoms with Crippen LogP contribution in [-0.2, 0) is 6.54 Å². The molecule has 1 aliphatic carbocycles. The molecular weight excluding hydrogens is 366 g/mol. The van der Waals surface area contributed by atoms with Crippen LogP contribution in [0.15, 0.2) is 36.5 Å². The second-order valence-corrected chi connectivity index (χ2v) is 7.92. The van der Waals surface area contributed by atoms with Crippen molar-refractivity contribution in [2.24, 2.45) is 5.92 Å². The van der Waals surface area contributed by atoms with Crippen molar-refractivity contribution in [3.63, 3.8) is 0 Å². The number of benzene rings is 1. The third-order valence-electron chi connectivity index (χ3n) is 5.98. The van der Waals surface area contributed by atoms with Gasteiger partial charge < -0.3 is 14.4 Å². The maximum atomic E-state index is 11.7. The van der Waals surface area contributed by atoms with Crippen LogP contribution in [0.2, 0.25) is 0 Å². The van der Waals surface area contributed by atoms with Crippen molar-refractivity contribution in [3.8, 4) is 17.1 Å². The molecule has 1 saturated carbocycles. The average Bonchev–Trinajstić information content (AvgIpc) is 3.37. The molecule has 0 amide bonds. The van der Waals surface area contributed by atoms with Gasteiger partial charge in [0, 0.05) is 34.8 Å². The van der Waals surface area contributed by atoms with Crippen LogP contribution >= 0.6 is 0 Å². The third-order valence-corrected chi connectivity index (χ3v) is 5.98. The number of nitrogens with zero attached hydrogens (tertiary/aromatic N) is 3. The first-order valence-electron chi connectivity index (χ1n) is 9.88. The van der Waals surface area contributed by atoms with Crippen LogP contribution in [0.25, 0.3) is 27.8 Å². The Morgan fingerprint density at radius 1 is 1.24 bits per heavy atom. The molecular formula is C23H23N3O3. The van der Waals surface area contributed by atoms with Crippen LogP contribution in [-0.4, -0.2) is 32.4 Å². The van der Waals surface area contributed by atoms with Gasteiger partial charge >= 0.3 is 5.97 Å². The highest BCUT2D eigenvalue weighted by Crippen LogP contribution is 2.39. The summed E-state index contributed by atoms with van der Waals surface area (Å²) >= 11 is 0. The van der Waals surface area contributed by atoms with Crippen LogP contribution in [0.1, 0.15) is 34.3 Å². The van der Waals surface area contributed by atoms with E-state index in [9.17, 15) is 9.90 Å². The van der Waals surface area contributed by atoms with Crippen LogP contribution in [0, 0.1) is 19.8 Å². The minimum absolute atomic E-state index is 0.196. The second kappa shape index (κ2) is 6.37. The number of carboxylic acid groups (broad SMARTS) is 1. The molecule has 0 bridgehead atoms. The highest BCUT2D eigenvalue weighted by Gasteiger charge is 2.27. The molecule has 4 aromatic rings. The van der Waals surface area contributed by atoms with Gasteiger partial charge in [0.15, 0.2) is 0 Å². The zero-order chi connectivity index (χ0) is 20.3. The molecule has 3 heterocycles. The van der Waals surface area contributed by atoms with Crippen LogP contribution in [0.4, 0.5) is 0 Å². The number of ether oxygens (including phenoxy) is 1. The Morgan fingerprint density at radius 3 is 2.69 bits per heavy atom. The number of hydrogen-bond acceptors (Lipinski definition) is 3. The highest BCUT2D eigenvalue weighted by molar-refractivity contribution is 5.93. The van der Waals surface area contributed by atoms with Crippen molar-refractivity contribution in [2.45, 2.75) is 33.2 Å². The Bertz CT molecular complexity index is 1280. The first-order chi connectivity index (χ1) is 14.0. The Morgan fingerprint density at radius 2 is 2.00 bits per heavy atom. The Balaban J connectivity index is 1.80. The minimum atomic E-state index is -0.986. The number of aromatic nitrogens is 3. The molecule has 0 spiro atoms. The van der Waals surface area contributed by atoms with Crippen molar-refractivity contribution in [2.75, 3.05) is 7.11 Å². The maximum absolute atomic E-state index is 11.7. The van der Waals surface area contributed by atoms with Crippen molar-refractivity contribution in [1.82, 2.24) is 14.2 Å². The predicted octanol–water partition coefficient (Wildman–Crippen LogP) is 4.69. The van der Waals surface area contributed by atoms with E-state index < -0.39 is 5.97 Å². The van der Waals surface area contributed by atoms with Gasteiger partial charge in [-0.2, -0.15) is 5.10 Å². The smallest absolute Gasteiger partial charge is 0.337 e. The number of pyridine rings is 1. The average molecular weight is 389 g/mol. The largest absolute Gasteiger partial charge is 0.494 e. The Labute approximate surface area is 168 Å². The molecule has 148 valence electrons. The minimum Gasteiger partial charge on any atom is -0.494 e. The molecule has 1 aliphatic rings. The van der Waals surface area contributed by atoms with Gasteiger partial charge in [-0.05, 0) is 44.7 Å². The van der Waals surface area contributed by atoms with Crippen molar-refractivity contribution < 1.29 is 14.6 Å². The van der Waals surface area contributed by atoms with Crippen molar-refractivity contribution in [1.29, 1.82) is 0 Å². The first-order valence-corrected chi connectivity index (χ1v) is 9.88. The molecule has 0 unspecified atom stereocenters. The monoisotopic (exact) mass is 389 g/mol.